The van der Waals surface area contributed by atoms with Crippen LogP contribution < -0.4 is 5.32 Å². The van der Waals surface area contributed by atoms with Crippen LogP contribution in [0.4, 0.5) is 15.9 Å². The first kappa shape index (κ1) is 11.5. The molecule has 0 spiro atoms. The smallest absolute Gasteiger partial charge is 0.218 e. The van der Waals surface area contributed by atoms with Gasteiger partial charge in [0.15, 0.2) is 0 Å². The van der Waals surface area contributed by atoms with E-state index >= 15 is 0 Å². The van der Waals surface area contributed by atoms with Gasteiger partial charge in [0.1, 0.15) is 12.1 Å². The first-order valence-corrected chi connectivity index (χ1v) is 5.94. The lowest BCUT2D eigenvalue weighted by atomic mass is 10.3. The molecular formula is C10H6Br2FN3. The SMILES string of the molecule is Fc1cc(Nc2c(Br)cccc2Br)ncn1. The molecule has 1 aromatic heterocycles. The van der Waals surface area contributed by atoms with Gasteiger partial charge in [-0.2, -0.15) is 4.39 Å². The summed E-state index contributed by atoms with van der Waals surface area (Å²) in [5, 5.41) is 3.00. The van der Waals surface area contributed by atoms with Gasteiger partial charge in [0.05, 0.1) is 5.69 Å². The van der Waals surface area contributed by atoms with Crippen molar-refractivity contribution in [3.63, 3.8) is 0 Å². The van der Waals surface area contributed by atoms with Crippen molar-refractivity contribution >= 4 is 43.4 Å². The minimum Gasteiger partial charge on any atom is -0.338 e. The maximum absolute atomic E-state index is 12.9. The molecule has 82 valence electrons. The molecule has 0 amide bonds. The molecular weight excluding hydrogens is 341 g/mol. The minimum absolute atomic E-state index is 0.403. The Morgan fingerprint density at radius 3 is 2.44 bits per heavy atom. The average Bonchev–Trinajstić information content (AvgIpc) is 2.24. The fraction of sp³-hybridized carbons (Fsp3) is 0. The normalized spacial score (nSPS) is 10.2. The molecule has 2 rings (SSSR count). The van der Waals surface area contributed by atoms with Crippen LogP contribution in [0.15, 0.2) is 39.5 Å². The molecule has 0 atom stereocenters. The standard InChI is InChI=1S/C10H6Br2FN3/c11-6-2-1-3-7(12)10(6)16-9-4-8(13)14-5-15-9/h1-5H,(H,14,15,16). The number of rotatable bonds is 2. The van der Waals surface area contributed by atoms with E-state index in [4.69, 9.17) is 0 Å². The number of anilines is 2. The summed E-state index contributed by atoms with van der Waals surface area (Å²) in [7, 11) is 0. The van der Waals surface area contributed by atoms with E-state index in [2.05, 4.69) is 47.1 Å². The zero-order chi connectivity index (χ0) is 11.5. The Bertz CT molecular complexity index is 499. The largest absolute Gasteiger partial charge is 0.338 e. The Morgan fingerprint density at radius 2 is 1.81 bits per heavy atom. The van der Waals surface area contributed by atoms with Crippen molar-refractivity contribution < 1.29 is 4.39 Å². The number of aromatic nitrogens is 2. The van der Waals surface area contributed by atoms with Crippen LogP contribution in [0, 0.1) is 5.95 Å². The summed E-state index contributed by atoms with van der Waals surface area (Å²) in [6.45, 7) is 0. The fourth-order valence-corrected chi connectivity index (χ4v) is 2.34. The lowest BCUT2D eigenvalue weighted by Crippen LogP contribution is -1.97. The van der Waals surface area contributed by atoms with E-state index in [0.29, 0.717) is 5.82 Å². The van der Waals surface area contributed by atoms with E-state index in [1.54, 1.807) is 0 Å². The van der Waals surface area contributed by atoms with Gasteiger partial charge in [0.25, 0.3) is 0 Å². The summed E-state index contributed by atoms with van der Waals surface area (Å²) in [5.74, 6) is -0.166. The molecule has 1 N–H and O–H groups in total. The second-order valence-electron chi connectivity index (χ2n) is 2.95. The zero-order valence-corrected chi connectivity index (χ0v) is 11.1. The predicted molar refractivity (Wildman–Crippen MR) is 67.1 cm³/mol. The lowest BCUT2D eigenvalue weighted by Gasteiger charge is -2.09. The molecule has 0 saturated heterocycles. The summed E-state index contributed by atoms with van der Waals surface area (Å²) >= 11 is 6.79. The molecule has 0 radical (unpaired) electrons. The van der Waals surface area contributed by atoms with E-state index in [0.717, 1.165) is 14.6 Å². The molecule has 1 heterocycles. The molecule has 0 saturated carbocycles. The number of nitrogens with one attached hydrogen (secondary N) is 1. The van der Waals surface area contributed by atoms with Crippen molar-refractivity contribution in [1.29, 1.82) is 0 Å². The van der Waals surface area contributed by atoms with Crippen molar-refractivity contribution in [2.75, 3.05) is 5.32 Å². The van der Waals surface area contributed by atoms with E-state index in [9.17, 15) is 4.39 Å². The molecule has 0 aliphatic heterocycles. The number of benzene rings is 1. The number of para-hydroxylation sites is 1. The summed E-state index contributed by atoms with van der Waals surface area (Å²) in [6.07, 6.45) is 1.17. The molecule has 6 heteroatoms. The Kier molecular flexibility index (Phi) is 3.50. The van der Waals surface area contributed by atoms with Crippen LogP contribution in [-0.4, -0.2) is 9.97 Å². The van der Waals surface area contributed by atoms with Gasteiger partial charge in [0, 0.05) is 15.0 Å². The van der Waals surface area contributed by atoms with Gasteiger partial charge in [-0.15, -0.1) is 0 Å². The highest BCUT2D eigenvalue weighted by molar-refractivity contribution is 9.11. The third-order valence-electron chi connectivity index (χ3n) is 1.85. The number of halogens is 3. The molecule has 0 bridgehead atoms. The first-order valence-electron chi connectivity index (χ1n) is 4.35. The zero-order valence-electron chi connectivity index (χ0n) is 7.92. The van der Waals surface area contributed by atoms with E-state index in [1.165, 1.54) is 12.4 Å². The lowest BCUT2D eigenvalue weighted by molar-refractivity contribution is 0.580. The summed E-state index contributed by atoms with van der Waals surface area (Å²) < 4.78 is 14.6. The van der Waals surface area contributed by atoms with Crippen molar-refractivity contribution in [2.45, 2.75) is 0 Å². The van der Waals surface area contributed by atoms with Crippen molar-refractivity contribution in [3.05, 3.63) is 45.5 Å². The monoisotopic (exact) mass is 345 g/mol. The highest BCUT2D eigenvalue weighted by atomic mass is 79.9. The van der Waals surface area contributed by atoms with E-state index < -0.39 is 5.95 Å². The van der Waals surface area contributed by atoms with Crippen molar-refractivity contribution in [1.82, 2.24) is 9.97 Å². The molecule has 3 nitrogen and oxygen atoms in total. The van der Waals surface area contributed by atoms with Gasteiger partial charge in [-0.1, -0.05) is 6.07 Å². The van der Waals surface area contributed by atoms with Crippen LogP contribution >= 0.6 is 31.9 Å². The number of nitrogens with zero attached hydrogens (tertiary/aromatic N) is 2. The Hall–Kier alpha value is -1.01. The summed E-state index contributed by atoms with van der Waals surface area (Å²) in [5.41, 5.74) is 0.792. The van der Waals surface area contributed by atoms with Crippen LogP contribution in [0.25, 0.3) is 0 Å². The van der Waals surface area contributed by atoms with E-state index in [-0.39, 0.29) is 0 Å². The second kappa shape index (κ2) is 4.88. The maximum Gasteiger partial charge on any atom is 0.218 e. The molecule has 0 fully saturated rings. The molecule has 0 aliphatic rings. The first-order chi connectivity index (χ1) is 7.66. The van der Waals surface area contributed by atoms with Crippen LogP contribution in [0.3, 0.4) is 0 Å². The third kappa shape index (κ3) is 2.56. The maximum atomic E-state index is 12.9. The van der Waals surface area contributed by atoms with Gasteiger partial charge < -0.3 is 5.32 Å². The Labute approximate surface area is 108 Å². The highest BCUT2D eigenvalue weighted by Gasteiger charge is 2.06. The molecule has 16 heavy (non-hydrogen) atoms. The van der Waals surface area contributed by atoms with Crippen molar-refractivity contribution in [2.24, 2.45) is 0 Å². The minimum atomic E-state index is -0.569. The molecule has 2 aromatic rings. The summed E-state index contributed by atoms with van der Waals surface area (Å²) in [6, 6.07) is 6.88. The van der Waals surface area contributed by atoms with Crippen LogP contribution in [0.1, 0.15) is 0 Å². The van der Waals surface area contributed by atoms with E-state index in [1.807, 2.05) is 18.2 Å². The highest BCUT2D eigenvalue weighted by Crippen LogP contribution is 2.32. The molecule has 0 unspecified atom stereocenters. The average molecular weight is 347 g/mol. The van der Waals surface area contributed by atoms with Crippen LogP contribution in [-0.2, 0) is 0 Å². The summed E-state index contributed by atoms with van der Waals surface area (Å²) in [4.78, 5) is 7.30. The number of hydrogen-bond acceptors (Lipinski definition) is 3. The van der Waals surface area contributed by atoms with Gasteiger partial charge in [-0.05, 0) is 44.0 Å². The van der Waals surface area contributed by atoms with Crippen LogP contribution in [0.5, 0.6) is 0 Å². The second-order valence-corrected chi connectivity index (χ2v) is 4.66. The molecule has 0 aliphatic carbocycles. The van der Waals surface area contributed by atoms with Gasteiger partial charge >= 0.3 is 0 Å². The number of hydrogen-bond donors (Lipinski definition) is 1. The van der Waals surface area contributed by atoms with Crippen molar-refractivity contribution in [3.8, 4) is 0 Å². The van der Waals surface area contributed by atoms with Crippen LogP contribution in [0.2, 0.25) is 0 Å². The Morgan fingerprint density at radius 1 is 1.12 bits per heavy atom. The molecule has 1 aromatic carbocycles. The third-order valence-corrected chi connectivity index (χ3v) is 3.17. The quantitative estimate of drug-likeness (QED) is 0.838. The Balaban J connectivity index is 2.34. The fourth-order valence-electron chi connectivity index (χ4n) is 1.15. The van der Waals surface area contributed by atoms with Gasteiger partial charge in [-0.25, -0.2) is 9.97 Å². The van der Waals surface area contributed by atoms with Gasteiger partial charge in [0.2, 0.25) is 5.95 Å². The topological polar surface area (TPSA) is 37.8 Å². The predicted octanol–water partition coefficient (Wildman–Crippen LogP) is 3.88. The van der Waals surface area contributed by atoms with Gasteiger partial charge in [-0.3, -0.25) is 0 Å².